The molecule has 100 heavy (non-hydrogen) atoms. The lowest BCUT2D eigenvalue weighted by atomic mass is 9.81. The van der Waals surface area contributed by atoms with Crippen LogP contribution in [0.1, 0.15) is 74.9 Å². The number of hydrogen-bond acceptors (Lipinski definition) is 2. The van der Waals surface area contributed by atoms with E-state index in [4.69, 9.17) is 9.97 Å². The number of aromatic nitrogens is 5. The Kier molecular flexibility index (Phi) is 11.6. The summed E-state index contributed by atoms with van der Waals surface area (Å²) in [6, 6.07) is 111. The standard InChI is InChI=1S/C95H67N5/c1-93(2)78-25-13-7-19-66(78)69-41-34-61(52-81(69)93)58-37-44-88-75(49-58)72-22-10-16-28-85(72)98(88)65-40-33-56-47-64(32-31-57(56)48-65)84-55-91(99-86-29-17-11-23-73(86)76-50-59(38-45-89(76)99)62-35-42-70-67-20-8-14-26-79(67)94(3,4)82(70)53-62)97-92(96-84)100-87-30-18-12-24-74(87)77-51-60(39-46-90(77)100)63-36-43-71-68-21-9-15-27-80(68)95(5,6)83(71)54-63/h7-55H,1-6H3. The topological polar surface area (TPSA) is 40.6 Å². The van der Waals surface area contributed by atoms with Gasteiger partial charge in [0.2, 0.25) is 5.95 Å². The molecular weight excluding hydrogens is 1210 g/mol. The van der Waals surface area contributed by atoms with Crippen LogP contribution in [0.25, 0.3) is 172 Å². The Morgan fingerprint density at radius 1 is 0.230 bits per heavy atom. The molecule has 3 aliphatic carbocycles. The van der Waals surface area contributed by atoms with Crippen LogP contribution >= 0.6 is 0 Å². The number of para-hydroxylation sites is 3. The second kappa shape index (κ2) is 20.5. The maximum atomic E-state index is 5.77. The van der Waals surface area contributed by atoms with Crippen LogP contribution in [0.5, 0.6) is 0 Å². The molecule has 18 aromatic rings. The van der Waals surface area contributed by atoms with Crippen molar-refractivity contribution in [3.8, 4) is 95.5 Å². The molecule has 0 unspecified atom stereocenters. The van der Waals surface area contributed by atoms with E-state index in [1.54, 1.807) is 0 Å². The van der Waals surface area contributed by atoms with E-state index in [9.17, 15) is 0 Å². The zero-order chi connectivity index (χ0) is 66.7. The molecule has 21 rings (SSSR count). The minimum absolute atomic E-state index is 0.0775. The van der Waals surface area contributed by atoms with Gasteiger partial charge in [-0.3, -0.25) is 9.13 Å². The normalized spacial score (nSPS) is 14.3. The molecule has 0 saturated heterocycles. The Bertz CT molecular complexity index is 6390. The summed E-state index contributed by atoms with van der Waals surface area (Å²) in [7, 11) is 0. The van der Waals surface area contributed by atoms with Gasteiger partial charge in [-0.2, -0.15) is 4.98 Å². The van der Waals surface area contributed by atoms with Crippen molar-refractivity contribution in [1.82, 2.24) is 23.7 Å². The first kappa shape index (κ1) is 56.9. The van der Waals surface area contributed by atoms with Crippen molar-refractivity contribution in [2.75, 3.05) is 0 Å². The fourth-order valence-corrected chi connectivity index (χ4v) is 18.2. The molecule has 0 aliphatic heterocycles. The van der Waals surface area contributed by atoms with E-state index in [1.165, 1.54) is 133 Å². The van der Waals surface area contributed by atoms with Crippen molar-refractivity contribution < 1.29 is 0 Å². The van der Waals surface area contributed by atoms with Gasteiger partial charge in [-0.05, 0) is 202 Å². The van der Waals surface area contributed by atoms with E-state index in [0.717, 1.165) is 66.4 Å². The van der Waals surface area contributed by atoms with E-state index in [1.807, 2.05) is 0 Å². The van der Waals surface area contributed by atoms with Crippen molar-refractivity contribution in [3.05, 3.63) is 331 Å². The van der Waals surface area contributed by atoms with Crippen molar-refractivity contribution in [1.29, 1.82) is 0 Å². The molecule has 0 radical (unpaired) electrons. The van der Waals surface area contributed by atoms with Gasteiger partial charge in [0.25, 0.3) is 0 Å². The molecule has 5 nitrogen and oxygen atoms in total. The van der Waals surface area contributed by atoms with Crippen molar-refractivity contribution in [2.45, 2.75) is 57.8 Å². The maximum absolute atomic E-state index is 5.77. The second-order valence-electron chi connectivity index (χ2n) is 29.7. The van der Waals surface area contributed by atoms with Gasteiger partial charge in [0.15, 0.2) is 0 Å². The van der Waals surface area contributed by atoms with Gasteiger partial charge in [-0.25, -0.2) is 4.98 Å². The molecule has 0 amide bonds. The van der Waals surface area contributed by atoms with Gasteiger partial charge < -0.3 is 4.57 Å². The molecule has 472 valence electrons. The quantitative estimate of drug-likeness (QED) is 0.160. The summed E-state index contributed by atoms with van der Waals surface area (Å²) in [4.78, 5) is 11.5. The number of hydrogen-bond donors (Lipinski definition) is 0. The molecule has 4 aromatic heterocycles. The lowest BCUT2D eigenvalue weighted by Crippen LogP contribution is -2.14. The molecule has 3 aliphatic rings. The summed E-state index contributed by atoms with van der Waals surface area (Å²) >= 11 is 0. The first-order chi connectivity index (χ1) is 48.8. The number of nitrogens with zero attached hydrogens (tertiary/aromatic N) is 5. The minimum Gasteiger partial charge on any atom is -0.309 e. The van der Waals surface area contributed by atoms with Gasteiger partial charge in [0, 0.05) is 65.9 Å². The molecule has 0 fully saturated rings. The van der Waals surface area contributed by atoms with Crippen LogP contribution in [0.2, 0.25) is 0 Å². The molecule has 0 bridgehead atoms. The second-order valence-corrected chi connectivity index (χ2v) is 29.7. The van der Waals surface area contributed by atoms with Crippen LogP contribution in [0.4, 0.5) is 0 Å². The highest BCUT2D eigenvalue weighted by atomic mass is 15.2. The third-order valence-electron chi connectivity index (χ3n) is 23.3. The molecule has 4 heterocycles. The van der Waals surface area contributed by atoms with Crippen molar-refractivity contribution in [3.63, 3.8) is 0 Å². The van der Waals surface area contributed by atoms with Gasteiger partial charge in [-0.1, -0.05) is 242 Å². The van der Waals surface area contributed by atoms with Crippen LogP contribution in [0, 0.1) is 0 Å². The monoisotopic (exact) mass is 1280 g/mol. The first-order valence-corrected chi connectivity index (χ1v) is 35.1. The zero-order valence-electron chi connectivity index (χ0n) is 56.5. The number of fused-ring (bicyclic) bond motifs is 19. The van der Waals surface area contributed by atoms with E-state index in [-0.39, 0.29) is 16.2 Å². The van der Waals surface area contributed by atoms with Crippen molar-refractivity contribution in [2.24, 2.45) is 0 Å². The van der Waals surface area contributed by atoms with Crippen LogP contribution in [-0.2, 0) is 16.2 Å². The maximum Gasteiger partial charge on any atom is 0.237 e. The van der Waals surface area contributed by atoms with Gasteiger partial charge in [0.05, 0.1) is 38.8 Å². The molecular formula is C95H67N5. The molecule has 0 atom stereocenters. The molecule has 14 aromatic carbocycles. The average Bonchev–Trinajstić information content (AvgIpc) is 1.57. The molecule has 0 saturated carbocycles. The molecule has 0 N–H and O–H groups in total. The Morgan fingerprint density at radius 2 is 0.570 bits per heavy atom. The minimum atomic E-state index is -0.113. The van der Waals surface area contributed by atoms with E-state index in [2.05, 4.69) is 352 Å². The molecule has 0 spiro atoms. The predicted molar refractivity (Wildman–Crippen MR) is 417 cm³/mol. The lowest BCUT2D eigenvalue weighted by molar-refractivity contribution is 0.660. The third kappa shape index (κ3) is 8.00. The van der Waals surface area contributed by atoms with Crippen LogP contribution in [-0.4, -0.2) is 23.7 Å². The zero-order valence-corrected chi connectivity index (χ0v) is 56.5. The molecule has 5 heteroatoms. The Hall–Kier alpha value is -12.2. The number of benzene rings is 14. The summed E-state index contributed by atoms with van der Waals surface area (Å²) in [6.45, 7) is 14.2. The van der Waals surface area contributed by atoms with Crippen LogP contribution in [0.15, 0.2) is 297 Å². The lowest BCUT2D eigenvalue weighted by Gasteiger charge is -2.22. The Labute approximate surface area is 580 Å². The third-order valence-corrected chi connectivity index (χ3v) is 23.3. The van der Waals surface area contributed by atoms with Gasteiger partial charge in [0.1, 0.15) is 5.82 Å². The van der Waals surface area contributed by atoms with Gasteiger partial charge in [-0.15, -0.1) is 0 Å². The van der Waals surface area contributed by atoms with Crippen molar-refractivity contribution >= 4 is 76.2 Å². The van der Waals surface area contributed by atoms with E-state index >= 15 is 0 Å². The van der Waals surface area contributed by atoms with E-state index in [0.29, 0.717) is 5.95 Å². The summed E-state index contributed by atoms with van der Waals surface area (Å²) in [6.07, 6.45) is 0. The Balaban J connectivity index is 0.709. The summed E-state index contributed by atoms with van der Waals surface area (Å²) < 4.78 is 7.09. The Morgan fingerprint density at radius 3 is 1.05 bits per heavy atom. The largest absolute Gasteiger partial charge is 0.309 e. The highest BCUT2D eigenvalue weighted by molar-refractivity contribution is 6.13. The summed E-state index contributed by atoms with van der Waals surface area (Å²) in [5, 5.41) is 9.36. The number of rotatable bonds is 7. The fraction of sp³-hybridized carbons (Fsp3) is 0.0947. The van der Waals surface area contributed by atoms with Gasteiger partial charge >= 0.3 is 0 Å². The van der Waals surface area contributed by atoms with E-state index < -0.39 is 0 Å². The van der Waals surface area contributed by atoms with Crippen LogP contribution in [0.3, 0.4) is 0 Å². The van der Waals surface area contributed by atoms with Crippen LogP contribution < -0.4 is 0 Å². The highest BCUT2D eigenvalue weighted by Crippen LogP contribution is 2.53. The fourth-order valence-electron chi connectivity index (χ4n) is 18.2. The summed E-state index contributed by atoms with van der Waals surface area (Å²) in [5.74, 6) is 1.39. The summed E-state index contributed by atoms with van der Waals surface area (Å²) in [5.41, 5.74) is 32.7. The highest BCUT2D eigenvalue weighted by Gasteiger charge is 2.38. The predicted octanol–water partition coefficient (Wildman–Crippen LogP) is 24.5. The average molecular weight is 1280 g/mol. The smallest absolute Gasteiger partial charge is 0.237 e. The first-order valence-electron chi connectivity index (χ1n) is 35.1. The SMILES string of the molecule is CC1(C)c2ccccc2-c2ccc(-c3ccc4c(c3)c3ccccc3n4-c3ccc4cc(-c5cc(-n6c7ccccc7c7cc(-c8ccc9c(c8)C(C)(C)c8ccccc8-9)ccc76)nc(-n6c7ccccc7c7cc(-c8ccc9c(c8)C(C)(C)c8ccccc8-9)ccc76)n5)ccc4c3)cc21.